The molecule has 0 spiro atoms. The second-order valence-corrected chi connectivity index (χ2v) is 5.59. The van der Waals surface area contributed by atoms with Gasteiger partial charge in [-0.2, -0.15) is 0 Å². The van der Waals surface area contributed by atoms with Gasteiger partial charge in [0.25, 0.3) is 0 Å². The number of hydrogen-bond acceptors (Lipinski definition) is 2. The Morgan fingerprint density at radius 3 is 2.68 bits per heavy atom. The van der Waals surface area contributed by atoms with Crippen LogP contribution in [0.1, 0.15) is 61.1 Å². The Kier molecular flexibility index (Phi) is 4.08. The molecule has 1 aliphatic rings. The quantitative estimate of drug-likeness (QED) is 0.834. The third kappa shape index (κ3) is 2.88. The molecule has 4 heteroatoms. The molecule has 0 bridgehead atoms. The Balaban J connectivity index is 2.45. The molecule has 0 aliphatic heterocycles. The Hall–Kier alpha value is -1.58. The Bertz CT molecular complexity index is 533. The summed E-state index contributed by atoms with van der Waals surface area (Å²) in [6, 6.07) is 1.75. The van der Waals surface area contributed by atoms with E-state index in [2.05, 4.69) is 6.92 Å². The number of aromatic nitrogens is 1. The van der Waals surface area contributed by atoms with Crippen LogP contribution in [0.5, 0.6) is 0 Å². The van der Waals surface area contributed by atoms with E-state index in [-0.39, 0.29) is 5.56 Å². The molecule has 0 radical (unpaired) electrons. The van der Waals surface area contributed by atoms with Crippen molar-refractivity contribution in [2.24, 2.45) is 5.92 Å². The molecule has 0 aromatic carbocycles. The van der Waals surface area contributed by atoms with Crippen molar-refractivity contribution >= 4 is 5.97 Å². The molecule has 104 valence electrons. The maximum atomic E-state index is 11.7. The van der Waals surface area contributed by atoms with Crippen LogP contribution in [0, 0.1) is 12.8 Å². The minimum atomic E-state index is -1.14. The molecular weight excluding hydrogens is 242 g/mol. The molecule has 2 atom stereocenters. The van der Waals surface area contributed by atoms with Crippen LogP contribution in [0.15, 0.2) is 17.1 Å². The van der Waals surface area contributed by atoms with E-state index in [1.54, 1.807) is 0 Å². The Labute approximate surface area is 113 Å². The monoisotopic (exact) mass is 263 g/mol. The summed E-state index contributed by atoms with van der Waals surface area (Å²) in [5.74, 6) is -0.620. The highest BCUT2D eigenvalue weighted by Gasteiger charge is 2.23. The first-order valence-corrected chi connectivity index (χ1v) is 6.97. The molecule has 0 saturated heterocycles. The maximum absolute atomic E-state index is 11.7. The summed E-state index contributed by atoms with van der Waals surface area (Å²) in [6.07, 6.45) is 7.41. The topological polar surface area (TPSA) is 59.3 Å². The first-order chi connectivity index (χ1) is 9.00. The molecule has 1 aromatic rings. The number of pyridine rings is 1. The number of carbonyl (C=O) groups is 1. The van der Waals surface area contributed by atoms with Gasteiger partial charge in [0.05, 0.1) is 0 Å². The summed E-state index contributed by atoms with van der Waals surface area (Å²) in [5.41, 5.74) is 0.332. The predicted octanol–water partition coefficient (Wildman–Crippen LogP) is 3.00. The van der Waals surface area contributed by atoms with Gasteiger partial charge >= 0.3 is 5.97 Å². The summed E-state index contributed by atoms with van der Waals surface area (Å²) in [4.78, 5) is 22.8. The zero-order valence-electron chi connectivity index (χ0n) is 11.6. The number of rotatable bonds is 2. The van der Waals surface area contributed by atoms with Gasteiger partial charge in [0.2, 0.25) is 0 Å². The van der Waals surface area contributed by atoms with E-state index < -0.39 is 11.4 Å². The highest BCUT2D eigenvalue weighted by Crippen LogP contribution is 2.32. The third-order valence-electron chi connectivity index (χ3n) is 4.18. The van der Waals surface area contributed by atoms with E-state index in [4.69, 9.17) is 5.11 Å². The van der Waals surface area contributed by atoms with Crippen LogP contribution in [-0.4, -0.2) is 15.6 Å². The molecular formula is C15H21NO3. The number of hydrogen-bond donors (Lipinski definition) is 1. The zero-order chi connectivity index (χ0) is 14.0. The van der Waals surface area contributed by atoms with Gasteiger partial charge in [-0.05, 0) is 25.7 Å². The van der Waals surface area contributed by atoms with E-state index in [0.717, 1.165) is 12.1 Å². The minimum Gasteiger partial charge on any atom is -0.477 e. The van der Waals surface area contributed by atoms with Crippen molar-refractivity contribution in [2.45, 2.75) is 52.0 Å². The van der Waals surface area contributed by atoms with E-state index >= 15 is 0 Å². The lowest BCUT2D eigenvalue weighted by atomic mass is 9.96. The van der Waals surface area contributed by atoms with Gasteiger partial charge in [0, 0.05) is 24.0 Å². The van der Waals surface area contributed by atoms with Crippen molar-refractivity contribution in [1.29, 1.82) is 0 Å². The van der Waals surface area contributed by atoms with Crippen LogP contribution in [0.3, 0.4) is 0 Å². The SMILES string of the molecule is Cc1cc(=O)c(C(=O)O)cn1C1CCCCCC1C. The lowest BCUT2D eigenvalue weighted by Gasteiger charge is -2.27. The van der Waals surface area contributed by atoms with Crippen molar-refractivity contribution < 1.29 is 9.90 Å². The average Bonchev–Trinajstić information content (AvgIpc) is 2.54. The molecule has 1 aromatic heterocycles. The molecule has 1 aliphatic carbocycles. The van der Waals surface area contributed by atoms with Gasteiger partial charge in [-0.1, -0.05) is 26.2 Å². The van der Waals surface area contributed by atoms with Crippen molar-refractivity contribution in [3.8, 4) is 0 Å². The van der Waals surface area contributed by atoms with Gasteiger partial charge in [-0.3, -0.25) is 4.79 Å². The largest absolute Gasteiger partial charge is 0.477 e. The highest BCUT2D eigenvalue weighted by atomic mass is 16.4. The van der Waals surface area contributed by atoms with Crippen LogP contribution in [0.4, 0.5) is 0 Å². The van der Waals surface area contributed by atoms with E-state index in [9.17, 15) is 9.59 Å². The number of carboxylic acids is 1. The van der Waals surface area contributed by atoms with E-state index in [0.29, 0.717) is 12.0 Å². The molecule has 2 unspecified atom stereocenters. The van der Waals surface area contributed by atoms with E-state index in [1.807, 2.05) is 11.5 Å². The standard InChI is InChI=1S/C15H21NO3/c1-10-6-4-3-5-7-13(10)16-9-12(15(18)19)14(17)8-11(16)2/h8-10,13H,3-7H2,1-2H3,(H,18,19). The molecule has 4 nitrogen and oxygen atoms in total. The molecule has 1 saturated carbocycles. The second-order valence-electron chi connectivity index (χ2n) is 5.59. The third-order valence-corrected chi connectivity index (χ3v) is 4.18. The van der Waals surface area contributed by atoms with Crippen LogP contribution in [-0.2, 0) is 0 Å². The summed E-state index contributed by atoms with van der Waals surface area (Å²) in [7, 11) is 0. The molecule has 1 N–H and O–H groups in total. The number of nitrogens with zero attached hydrogens (tertiary/aromatic N) is 1. The maximum Gasteiger partial charge on any atom is 0.341 e. The lowest BCUT2D eigenvalue weighted by molar-refractivity contribution is 0.0694. The van der Waals surface area contributed by atoms with Crippen molar-refractivity contribution in [3.05, 3.63) is 33.7 Å². The molecule has 1 fully saturated rings. The van der Waals surface area contributed by atoms with Crippen molar-refractivity contribution in [1.82, 2.24) is 4.57 Å². The number of carboxylic acid groups (broad SMARTS) is 1. The number of aromatic carboxylic acids is 1. The first kappa shape index (κ1) is 13.8. The van der Waals surface area contributed by atoms with E-state index in [1.165, 1.54) is 37.9 Å². The van der Waals surface area contributed by atoms with Crippen LogP contribution < -0.4 is 5.43 Å². The average molecular weight is 263 g/mol. The smallest absolute Gasteiger partial charge is 0.341 e. The normalized spacial score (nSPS) is 23.9. The summed E-state index contributed by atoms with van der Waals surface area (Å²) in [5, 5.41) is 9.09. The van der Waals surface area contributed by atoms with Gasteiger partial charge in [0.1, 0.15) is 5.56 Å². The first-order valence-electron chi connectivity index (χ1n) is 6.97. The molecule has 2 rings (SSSR count). The Morgan fingerprint density at radius 1 is 1.32 bits per heavy atom. The fourth-order valence-electron chi connectivity index (χ4n) is 3.05. The van der Waals surface area contributed by atoms with Crippen LogP contribution in [0.2, 0.25) is 0 Å². The highest BCUT2D eigenvalue weighted by molar-refractivity contribution is 5.87. The molecule has 19 heavy (non-hydrogen) atoms. The number of aryl methyl sites for hydroxylation is 1. The molecule has 1 heterocycles. The van der Waals surface area contributed by atoms with Gasteiger partial charge in [-0.25, -0.2) is 4.79 Å². The summed E-state index contributed by atoms with van der Waals surface area (Å²) >= 11 is 0. The van der Waals surface area contributed by atoms with Gasteiger partial charge in [0.15, 0.2) is 5.43 Å². The summed E-state index contributed by atoms with van der Waals surface area (Å²) < 4.78 is 2.00. The Morgan fingerprint density at radius 2 is 2.00 bits per heavy atom. The van der Waals surface area contributed by atoms with Crippen LogP contribution in [0.25, 0.3) is 0 Å². The van der Waals surface area contributed by atoms with Crippen molar-refractivity contribution in [3.63, 3.8) is 0 Å². The lowest BCUT2D eigenvalue weighted by Crippen LogP contribution is -2.24. The second kappa shape index (κ2) is 5.59. The molecule has 0 amide bonds. The minimum absolute atomic E-state index is 0.123. The van der Waals surface area contributed by atoms with Crippen molar-refractivity contribution in [2.75, 3.05) is 0 Å². The van der Waals surface area contributed by atoms with Gasteiger partial charge in [-0.15, -0.1) is 0 Å². The predicted molar refractivity (Wildman–Crippen MR) is 73.7 cm³/mol. The fraction of sp³-hybridized carbons (Fsp3) is 0.600. The van der Waals surface area contributed by atoms with Gasteiger partial charge < -0.3 is 9.67 Å². The summed E-state index contributed by atoms with van der Waals surface area (Å²) in [6.45, 7) is 4.10. The van der Waals surface area contributed by atoms with Crippen LogP contribution >= 0.6 is 0 Å². The zero-order valence-corrected chi connectivity index (χ0v) is 11.6. The fourth-order valence-corrected chi connectivity index (χ4v) is 3.05.